The lowest BCUT2D eigenvalue weighted by Gasteiger charge is -2.41. The molecule has 3 atom stereocenters. The lowest BCUT2D eigenvalue weighted by atomic mass is 9.93. The van der Waals surface area contributed by atoms with Gasteiger partial charge in [-0.1, -0.05) is 18.6 Å². The molecular formula is C19H26N2O2. The van der Waals surface area contributed by atoms with Crippen molar-refractivity contribution in [3.8, 4) is 0 Å². The largest absolute Gasteiger partial charge is 0.478 e. The minimum atomic E-state index is -0.840. The Bertz CT molecular complexity index is 580. The molecule has 4 heteroatoms. The molecule has 124 valence electrons. The Labute approximate surface area is 138 Å². The third kappa shape index (κ3) is 3.15. The van der Waals surface area contributed by atoms with Gasteiger partial charge < -0.3 is 5.11 Å². The topological polar surface area (TPSA) is 43.8 Å². The van der Waals surface area contributed by atoms with E-state index in [0.717, 1.165) is 43.1 Å². The van der Waals surface area contributed by atoms with E-state index in [4.69, 9.17) is 5.11 Å². The van der Waals surface area contributed by atoms with Crippen molar-refractivity contribution in [1.29, 1.82) is 0 Å². The summed E-state index contributed by atoms with van der Waals surface area (Å²) >= 11 is 0. The van der Waals surface area contributed by atoms with E-state index in [2.05, 4.69) is 9.80 Å². The van der Waals surface area contributed by atoms with Gasteiger partial charge in [-0.2, -0.15) is 0 Å². The summed E-state index contributed by atoms with van der Waals surface area (Å²) in [6.45, 7) is 5.42. The Balaban J connectivity index is 1.31. The molecule has 2 aliphatic carbocycles. The summed E-state index contributed by atoms with van der Waals surface area (Å²) in [5.74, 6) is 1.15. The second-order valence-corrected chi connectivity index (χ2v) is 7.56. The zero-order valence-corrected chi connectivity index (χ0v) is 13.7. The molecule has 2 bridgehead atoms. The van der Waals surface area contributed by atoms with Gasteiger partial charge in [-0.3, -0.25) is 9.80 Å². The van der Waals surface area contributed by atoms with Gasteiger partial charge in [0.25, 0.3) is 0 Å². The molecule has 4 rings (SSSR count). The number of benzene rings is 1. The Kier molecular flexibility index (Phi) is 4.12. The summed E-state index contributed by atoms with van der Waals surface area (Å²) in [6, 6.07) is 8.22. The van der Waals surface area contributed by atoms with Crippen molar-refractivity contribution >= 4 is 5.97 Å². The van der Waals surface area contributed by atoms with Crippen molar-refractivity contribution in [3.63, 3.8) is 0 Å². The van der Waals surface area contributed by atoms with Gasteiger partial charge in [0.15, 0.2) is 0 Å². The zero-order valence-electron chi connectivity index (χ0n) is 13.7. The van der Waals surface area contributed by atoms with Crippen molar-refractivity contribution in [2.24, 2.45) is 11.8 Å². The number of carboxylic acid groups (broad SMARTS) is 1. The number of rotatable bonds is 4. The predicted octanol–water partition coefficient (Wildman–Crippen LogP) is 2.69. The summed E-state index contributed by atoms with van der Waals surface area (Å²) in [6.07, 6.45) is 5.84. The van der Waals surface area contributed by atoms with Crippen LogP contribution in [0.15, 0.2) is 24.3 Å². The molecular weight excluding hydrogens is 288 g/mol. The van der Waals surface area contributed by atoms with Crippen LogP contribution in [0.25, 0.3) is 0 Å². The van der Waals surface area contributed by atoms with Crippen LogP contribution in [-0.2, 0) is 6.54 Å². The van der Waals surface area contributed by atoms with E-state index in [1.807, 2.05) is 18.2 Å². The van der Waals surface area contributed by atoms with E-state index >= 15 is 0 Å². The Hall–Kier alpha value is -1.39. The van der Waals surface area contributed by atoms with Crippen molar-refractivity contribution in [2.45, 2.75) is 38.3 Å². The molecule has 3 unspecified atom stereocenters. The molecule has 1 N–H and O–H groups in total. The van der Waals surface area contributed by atoms with Gasteiger partial charge >= 0.3 is 5.97 Å². The number of piperazine rings is 1. The SMILES string of the molecule is O=C(O)c1cccc(CN2CCN(C3CC4CCC3C4)CC2)c1. The smallest absolute Gasteiger partial charge is 0.335 e. The molecule has 4 nitrogen and oxygen atoms in total. The third-order valence-corrected chi connectivity index (χ3v) is 6.16. The maximum Gasteiger partial charge on any atom is 0.335 e. The van der Waals surface area contributed by atoms with E-state index < -0.39 is 5.97 Å². The second kappa shape index (κ2) is 6.25. The molecule has 3 aliphatic rings. The lowest BCUT2D eigenvalue weighted by Crippen LogP contribution is -2.51. The summed E-state index contributed by atoms with van der Waals surface area (Å²) < 4.78 is 0. The highest BCUT2D eigenvalue weighted by atomic mass is 16.4. The number of aromatic carboxylic acids is 1. The predicted molar refractivity (Wildman–Crippen MR) is 89.5 cm³/mol. The van der Waals surface area contributed by atoms with Crippen molar-refractivity contribution in [1.82, 2.24) is 9.80 Å². The first kappa shape index (κ1) is 15.2. The van der Waals surface area contributed by atoms with E-state index in [0.29, 0.717) is 5.56 Å². The van der Waals surface area contributed by atoms with Crippen LogP contribution in [-0.4, -0.2) is 53.1 Å². The summed E-state index contributed by atoms with van der Waals surface area (Å²) in [7, 11) is 0. The highest BCUT2D eigenvalue weighted by molar-refractivity contribution is 5.87. The van der Waals surface area contributed by atoms with Crippen LogP contribution in [0.5, 0.6) is 0 Å². The lowest BCUT2D eigenvalue weighted by molar-refractivity contribution is 0.0675. The van der Waals surface area contributed by atoms with Crippen LogP contribution < -0.4 is 0 Å². The average Bonchev–Trinajstić information content (AvgIpc) is 3.19. The number of carboxylic acids is 1. The minimum Gasteiger partial charge on any atom is -0.478 e. The zero-order chi connectivity index (χ0) is 15.8. The first-order valence-electron chi connectivity index (χ1n) is 8.97. The maximum atomic E-state index is 11.1. The molecule has 0 radical (unpaired) electrons. The molecule has 1 heterocycles. The molecule has 2 saturated carbocycles. The van der Waals surface area contributed by atoms with Crippen molar-refractivity contribution in [2.75, 3.05) is 26.2 Å². The van der Waals surface area contributed by atoms with Gasteiger partial charge in [-0.25, -0.2) is 4.79 Å². The molecule has 3 fully saturated rings. The van der Waals surface area contributed by atoms with Gasteiger partial charge in [0.1, 0.15) is 0 Å². The fourth-order valence-electron chi connectivity index (χ4n) is 4.97. The molecule has 0 spiro atoms. The van der Waals surface area contributed by atoms with Crippen LogP contribution in [0.1, 0.15) is 41.6 Å². The first-order chi connectivity index (χ1) is 11.2. The Morgan fingerprint density at radius 3 is 2.61 bits per heavy atom. The van der Waals surface area contributed by atoms with Gasteiger partial charge in [0.2, 0.25) is 0 Å². The third-order valence-electron chi connectivity index (χ3n) is 6.16. The Morgan fingerprint density at radius 2 is 1.96 bits per heavy atom. The number of fused-ring (bicyclic) bond motifs is 2. The molecule has 1 saturated heterocycles. The van der Waals surface area contributed by atoms with Crippen LogP contribution in [0.2, 0.25) is 0 Å². The van der Waals surface area contributed by atoms with Gasteiger partial charge in [0, 0.05) is 38.8 Å². The standard InChI is InChI=1S/C19H26N2O2/c22-19(23)17-3-1-2-15(11-17)13-20-6-8-21(9-7-20)18-12-14-4-5-16(18)10-14/h1-3,11,14,16,18H,4-10,12-13H2,(H,22,23). The van der Waals surface area contributed by atoms with Gasteiger partial charge in [0.05, 0.1) is 5.56 Å². The molecule has 1 aliphatic heterocycles. The van der Waals surface area contributed by atoms with Crippen molar-refractivity contribution < 1.29 is 9.90 Å². The fraction of sp³-hybridized carbons (Fsp3) is 0.632. The maximum absolute atomic E-state index is 11.1. The fourth-order valence-corrected chi connectivity index (χ4v) is 4.97. The molecule has 23 heavy (non-hydrogen) atoms. The Morgan fingerprint density at radius 1 is 1.13 bits per heavy atom. The molecule has 1 aromatic carbocycles. The average molecular weight is 314 g/mol. The highest BCUT2D eigenvalue weighted by Crippen LogP contribution is 2.46. The number of hydrogen-bond donors (Lipinski definition) is 1. The summed E-state index contributed by atoms with van der Waals surface area (Å²) in [4.78, 5) is 16.3. The van der Waals surface area contributed by atoms with Gasteiger partial charge in [-0.05, 0) is 48.8 Å². The molecule has 1 aromatic rings. The summed E-state index contributed by atoms with van der Waals surface area (Å²) in [5, 5.41) is 9.10. The highest BCUT2D eigenvalue weighted by Gasteiger charge is 2.42. The van der Waals surface area contributed by atoms with Crippen LogP contribution in [0.3, 0.4) is 0 Å². The number of nitrogens with zero attached hydrogens (tertiary/aromatic N) is 2. The summed E-state index contributed by atoms with van der Waals surface area (Å²) in [5.41, 5.74) is 1.50. The van der Waals surface area contributed by atoms with E-state index in [1.165, 1.54) is 38.8 Å². The number of hydrogen-bond acceptors (Lipinski definition) is 3. The van der Waals surface area contributed by atoms with Crippen LogP contribution in [0, 0.1) is 11.8 Å². The minimum absolute atomic E-state index is 0.392. The first-order valence-corrected chi connectivity index (χ1v) is 8.97. The van der Waals surface area contributed by atoms with Gasteiger partial charge in [-0.15, -0.1) is 0 Å². The van der Waals surface area contributed by atoms with E-state index in [-0.39, 0.29) is 0 Å². The normalized spacial score (nSPS) is 31.6. The van der Waals surface area contributed by atoms with Crippen molar-refractivity contribution in [3.05, 3.63) is 35.4 Å². The molecule has 0 amide bonds. The molecule has 0 aromatic heterocycles. The number of carbonyl (C=O) groups is 1. The second-order valence-electron chi connectivity index (χ2n) is 7.56. The quantitative estimate of drug-likeness (QED) is 0.928. The van der Waals surface area contributed by atoms with Crippen LogP contribution in [0.4, 0.5) is 0 Å². The van der Waals surface area contributed by atoms with E-state index in [9.17, 15) is 4.79 Å². The monoisotopic (exact) mass is 314 g/mol. The van der Waals surface area contributed by atoms with Crippen LogP contribution >= 0.6 is 0 Å². The van der Waals surface area contributed by atoms with E-state index in [1.54, 1.807) is 6.07 Å².